The van der Waals surface area contributed by atoms with Gasteiger partial charge in [-0.1, -0.05) is 13.3 Å². The van der Waals surface area contributed by atoms with E-state index in [1.807, 2.05) is 17.2 Å². The van der Waals surface area contributed by atoms with Gasteiger partial charge < -0.3 is 14.2 Å². The van der Waals surface area contributed by atoms with Crippen LogP contribution in [-0.4, -0.2) is 65.9 Å². The van der Waals surface area contributed by atoms with Crippen LogP contribution in [-0.2, 0) is 0 Å². The summed E-state index contributed by atoms with van der Waals surface area (Å²) in [5.74, 6) is 2.32. The Labute approximate surface area is 168 Å². The fourth-order valence-electron chi connectivity index (χ4n) is 4.23. The van der Waals surface area contributed by atoms with Gasteiger partial charge in [0, 0.05) is 57.5 Å². The Balaban J connectivity index is 1.49. The van der Waals surface area contributed by atoms with Gasteiger partial charge >= 0.3 is 0 Å². The molecule has 0 radical (unpaired) electrons. The Morgan fingerprint density at radius 3 is 2.50 bits per heavy atom. The first-order valence-corrected chi connectivity index (χ1v) is 11.1. The Hall–Kier alpha value is -2.01. The molecule has 28 heavy (non-hydrogen) atoms. The summed E-state index contributed by atoms with van der Waals surface area (Å²) in [6.45, 7) is 11.5. The first-order chi connectivity index (χ1) is 13.7. The number of carbonyl (C=O) groups excluding carboxylic acids is 1. The number of unbranched alkanes of at least 4 members (excludes halogenated alkanes) is 1. The molecule has 0 spiro atoms. The van der Waals surface area contributed by atoms with Crippen molar-refractivity contribution in [3.8, 4) is 0 Å². The van der Waals surface area contributed by atoms with Crippen LogP contribution < -0.4 is 4.90 Å². The number of rotatable bonds is 8. The molecule has 0 unspecified atom stereocenters. The van der Waals surface area contributed by atoms with Crippen LogP contribution in [0, 0.1) is 5.92 Å². The van der Waals surface area contributed by atoms with Gasteiger partial charge in [-0.25, -0.2) is 0 Å². The van der Waals surface area contributed by atoms with Crippen molar-refractivity contribution >= 4 is 17.2 Å². The van der Waals surface area contributed by atoms with Crippen LogP contribution >= 0.6 is 0 Å². The number of anilines is 1. The maximum absolute atomic E-state index is 13.0. The SMILES string of the molecule is CCCCN(CC)C(=O)c1ccc2ccc(N3CCN(CC4CC4)CC3)n2c1. The smallest absolute Gasteiger partial charge is 0.255 e. The maximum Gasteiger partial charge on any atom is 0.255 e. The molecule has 5 nitrogen and oxygen atoms in total. The molecule has 152 valence electrons. The van der Waals surface area contributed by atoms with Crippen molar-refractivity contribution in [3.05, 3.63) is 36.0 Å². The maximum atomic E-state index is 13.0. The molecule has 3 heterocycles. The molecule has 2 aromatic rings. The highest BCUT2D eigenvalue weighted by Gasteiger charge is 2.27. The lowest BCUT2D eigenvalue weighted by atomic mass is 10.2. The predicted molar refractivity (Wildman–Crippen MR) is 115 cm³/mol. The highest BCUT2D eigenvalue weighted by atomic mass is 16.2. The van der Waals surface area contributed by atoms with E-state index in [0.717, 1.165) is 69.1 Å². The van der Waals surface area contributed by atoms with Crippen LogP contribution in [0.4, 0.5) is 5.82 Å². The number of hydrogen-bond acceptors (Lipinski definition) is 3. The lowest BCUT2D eigenvalue weighted by Gasteiger charge is -2.35. The average molecular weight is 383 g/mol. The Morgan fingerprint density at radius 2 is 1.82 bits per heavy atom. The van der Waals surface area contributed by atoms with Crippen LogP contribution in [0.15, 0.2) is 30.5 Å². The van der Waals surface area contributed by atoms with E-state index in [2.05, 4.69) is 46.2 Å². The van der Waals surface area contributed by atoms with Crippen molar-refractivity contribution in [2.45, 2.75) is 39.5 Å². The van der Waals surface area contributed by atoms with Crippen molar-refractivity contribution < 1.29 is 4.79 Å². The van der Waals surface area contributed by atoms with Crippen LogP contribution in [0.1, 0.15) is 49.9 Å². The number of piperazine rings is 1. The van der Waals surface area contributed by atoms with Gasteiger partial charge in [0.15, 0.2) is 0 Å². The zero-order valence-electron chi connectivity index (χ0n) is 17.4. The van der Waals surface area contributed by atoms with Crippen LogP contribution in [0.25, 0.3) is 5.52 Å². The molecule has 0 aromatic carbocycles. The van der Waals surface area contributed by atoms with Gasteiger partial charge in [0.05, 0.1) is 5.56 Å². The summed E-state index contributed by atoms with van der Waals surface area (Å²) in [6.07, 6.45) is 7.05. The summed E-state index contributed by atoms with van der Waals surface area (Å²) < 4.78 is 2.21. The molecule has 1 saturated heterocycles. The molecule has 1 saturated carbocycles. The van der Waals surface area contributed by atoms with E-state index < -0.39 is 0 Å². The molecule has 0 bridgehead atoms. The largest absolute Gasteiger partial charge is 0.355 e. The second-order valence-corrected chi connectivity index (χ2v) is 8.37. The molecule has 2 fully saturated rings. The topological polar surface area (TPSA) is 31.2 Å². The quantitative estimate of drug-likeness (QED) is 0.697. The third-order valence-electron chi connectivity index (χ3n) is 6.24. The van der Waals surface area contributed by atoms with Crippen molar-refractivity contribution in [2.24, 2.45) is 5.92 Å². The molecule has 2 aliphatic rings. The highest BCUT2D eigenvalue weighted by Crippen LogP contribution is 2.30. The summed E-state index contributed by atoms with van der Waals surface area (Å²) in [7, 11) is 0. The van der Waals surface area contributed by atoms with Crippen molar-refractivity contribution in [3.63, 3.8) is 0 Å². The number of amides is 1. The summed E-state index contributed by atoms with van der Waals surface area (Å²) in [5, 5.41) is 0. The van der Waals surface area contributed by atoms with E-state index in [-0.39, 0.29) is 5.91 Å². The van der Waals surface area contributed by atoms with Gasteiger partial charge in [0.2, 0.25) is 0 Å². The van der Waals surface area contributed by atoms with Gasteiger partial charge in [-0.05, 0) is 56.4 Å². The van der Waals surface area contributed by atoms with Crippen LogP contribution in [0.3, 0.4) is 0 Å². The first-order valence-electron chi connectivity index (χ1n) is 11.1. The van der Waals surface area contributed by atoms with Gasteiger partial charge in [0.25, 0.3) is 5.91 Å². The van der Waals surface area contributed by atoms with Gasteiger partial charge in [-0.15, -0.1) is 0 Å². The molecule has 1 aliphatic carbocycles. The summed E-state index contributed by atoms with van der Waals surface area (Å²) >= 11 is 0. The second-order valence-electron chi connectivity index (χ2n) is 8.37. The van der Waals surface area contributed by atoms with Gasteiger partial charge in [0.1, 0.15) is 5.82 Å². The number of pyridine rings is 1. The lowest BCUT2D eigenvalue weighted by Crippen LogP contribution is -2.47. The van der Waals surface area contributed by atoms with Crippen LogP contribution in [0.2, 0.25) is 0 Å². The third kappa shape index (κ3) is 4.19. The molecule has 1 amide bonds. The molecule has 0 atom stereocenters. The molecule has 5 heteroatoms. The zero-order valence-corrected chi connectivity index (χ0v) is 17.4. The van der Waals surface area contributed by atoms with Gasteiger partial charge in [-0.2, -0.15) is 0 Å². The molecular weight excluding hydrogens is 348 g/mol. The first kappa shape index (κ1) is 19.3. The standard InChI is InChI=1S/C23H34N4O/c1-3-5-12-25(4-2)23(28)20-8-9-21-10-11-22(27(21)18-20)26-15-13-24(14-16-26)17-19-6-7-19/h8-11,18-19H,3-7,12-17H2,1-2H3. The summed E-state index contributed by atoms with van der Waals surface area (Å²) in [5.41, 5.74) is 1.94. The molecule has 2 aromatic heterocycles. The van der Waals surface area contributed by atoms with Crippen molar-refractivity contribution in [2.75, 3.05) is 50.7 Å². The van der Waals surface area contributed by atoms with E-state index in [4.69, 9.17) is 0 Å². The highest BCUT2D eigenvalue weighted by molar-refractivity contribution is 5.94. The average Bonchev–Trinajstić information content (AvgIpc) is 3.44. The van der Waals surface area contributed by atoms with E-state index >= 15 is 0 Å². The van der Waals surface area contributed by atoms with Gasteiger partial charge in [-0.3, -0.25) is 9.69 Å². The Morgan fingerprint density at radius 1 is 1.07 bits per heavy atom. The number of carbonyl (C=O) groups is 1. The van der Waals surface area contributed by atoms with E-state index in [1.165, 1.54) is 25.2 Å². The van der Waals surface area contributed by atoms with E-state index in [1.54, 1.807) is 0 Å². The molecule has 4 rings (SSSR count). The van der Waals surface area contributed by atoms with Crippen molar-refractivity contribution in [1.82, 2.24) is 14.2 Å². The molecule has 1 aliphatic heterocycles. The van der Waals surface area contributed by atoms with E-state index in [0.29, 0.717) is 0 Å². The fraction of sp³-hybridized carbons (Fsp3) is 0.609. The minimum Gasteiger partial charge on any atom is -0.355 e. The van der Waals surface area contributed by atoms with Crippen molar-refractivity contribution in [1.29, 1.82) is 0 Å². The van der Waals surface area contributed by atoms with E-state index in [9.17, 15) is 4.79 Å². The number of hydrogen-bond donors (Lipinski definition) is 0. The number of fused-ring (bicyclic) bond motifs is 1. The minimum atomic E-state index is 0.145. The Bertz CT molecular complexity index is 802. The predicted octanol–water partition coefficient (Wildman–Crippen LogP) is 3.73. The fourth-order valence-corrected chi connectivity index (χ4v) is 4.23. The zero-order chi connectivity index (χ0) is 19.5. The minimum absolute atomic E-state index is 0.145. The summed E-state index contributed by atoms with van der Waals surface area (Å²) in [4.78, 5) is 20.0. The monoisotopic (exact) mass is 382 g/mol. The molecule has 0 N–H and O–H groups in total. The number of aromatic nitrogens is 1. The number of nitrogens with zero attached hydrogens (tertiary/aromatic N) is 4. The molecular formula is C23H34N4O. The lowest BCUT2D eigenvalue weighted by molar-refractivity contribution is 0.0762. The van der Waals surface area contributed by atoms with Crippen LogP contribution in [0.5, 0.6) is 0 Å². The Kier molecular flexibility index (Phi) is 5.90. The third-order valence-corrected chi connectivity index (χ3v) is 6.24. The second kappa shape index (κ2) is 8.56. The normalized spacial score (nSPS) is 18.0. The summed E-state index contributed by atoms with van der Waals surface area (Å²) in [6, 6.07) is 8.42.